The number of hydrogen-bond donors (Lipinski definition) is 1. The van der Waals surface area contributed by atoms with Gasteiger partial charge < -0.3 is 24.6 Å². The average molecular weight is 499 g/mol. The predicted octanol–water partition coefficient (Wildman–Crippen LogP) is 2.21. The quantitative estimate of drug-likeness (QED) is 0.472. The number of ether oxygens (including phenoxy) is 1. The standard InChI is InChI=1S/C26H34N4O6/c1-25(2,3)36-24(35)28-12-10-26(11-13-28)15-29(16-26)19-7-5-6-18-21(19)23(34)30(22(18)33)17(14-31)8-9-20(32)27-4/h5-7,14,17H,8-13,15-16H2,1-4H3,(H,27,32). The number of likely N-dealkylation sites (tertiary alicyclic amines) is 1. The molecule has 0 aromatic heterocycles. The van der Waals surface area contributed by atoms with Gasteiger partial charge in [0.15, 0.2) is 0 Å². The highest BCUT2D eigenvalue weighted by Gasteiger charge is 2.49. The van der Waals surface area contributed by atoms with Gasteiger partial charge in [-0.2, -0.15) is 0 Å². The molecule has 10 nitrogen and oxygen atoms in total. The first kappa shape index (κ1) is 25.7. The van der Waals surface area contributed by atoms with Crippen LogP contribution in [0.2, 0.25) is 0 Å². The normalized spacial score (nSPS) is 19.6. The Balaban J connectivity index is 1.43. The summed E-state index contributed by atoms with van der Waals surface area (Å²) in [7, 11) is 1.49. The summed E-state index contributed by atoms with van der Waals surface area (Å²) in [6, 6.07) is 4.19. The first-order valence-corrected chi connectivity index (χ1v) is 12.4. The minimum Gasteiger partial charge on any atom is -0.444 e. The molecule has 0 bridgehead atoms. The lowest BCUT2D eigenvalue weighted by Gasteiger charge is -2.55. The van der Waals surface area contributed by atoms with Crippen LogP contribution in [0.1, 0.15) is 67.2 Å². The second kappa shape index (κ2) is 9.55. The maximum absolute atomic E-state index is 13.3. The van der Waals surface area contributed by atoms with Crippen molar-refractivity contribution in [1.82, 2.24) is 15.1 Å². The van der Waals surface area contributed by atoms with Crippen molar-refractivity contribution in [2.75, 3.05) is 38.1 Å². The number of nitrogens with one attached hydrogen (secondary N) is 1. The van der Waals surface area contributed by atoms with Crippen molar-refractivity contribution < 1.29 is 28.7 Å². The number of imide groups is 1. The van der Waals surface area contributed by atoms with Crippen molar-refractivity contribution >= 4 is 35.8 Å². The molecular formula is C26H34N4O6. The highest BCUT2D eigenvalue weighted by Crippen LogP contribution is 2.45. The minimum absolute atomic E-state index is 0.0368. The molecule has 36 heavy (non-hydrogen) atoms. The Morgan fingerprint density at radius 3 is 2.39 bits per heavy atom. The van der Waals surface area contributed by atoms with Gasteiger partial charge in [0.2, 0.25) is 5.91 Å². The van der Waals surface area contributed by atoms with E-state index >= 15 is 0 Å². The third-order valence-electron chi connectivity index (χ3n) is 7.23. The summed E-state index contributed by atoms with van der Waals surface area (Å²) in [4.78, 5) is 67.0. The van der Waals surface area contributed by atoms with Crippen LogP contribution in [0.3, 0.4) is 0 Å². The van der Waals surface area contributed by atoms with E-state index in [0.29, 0.717) is 30.6 Å². The molecule has 10 heteroatoms. The molecular weight excluding hydrogens is 464 g/mol. The van der Waals surface area contributed by atoms with Crippen molar-refractivity contribution in [3.63, 3.8) is 0 Å². The highest BCUT2D eigenvalue weighted by atomic mass is 16.6. The van der Waals surface area contributed by atoms with E-state index in [2.05, 4.69) is 10.2 Å². The molecule has 194 valence electrons. The number of carbonyl (C=O) groups excluding carboxylic acids is 5. The molecule has 0 saturated carbocycles. The fraction of sp³-hybridized carbons (Fsp3) is 0.577. The van der Waals surface area contributed by atoms with Crippen LogP contribution in [0, 0.1) is 5.41 Å². The summed E-state index contributed by atoms with van der Waals surface area (Å²) in [6.45, 7) is 8.24. The molecule has 0 radical (unpaired) electrons. The summed E-state index contributed by atoms with van der Waals surface area (Å²) in [5.74, 6) is -1.27. The fourth-order valence-electron chi connectivity index (χ4n) is 5.25. The van der Waals surface area contributed by atoms with Crippen molar-refractivity contribution in [1.29, 1.82) is 0 Å². The van der Waals surface area contributed by atoms with E-state index in [1.165, 1.54) is 7.05 Å². The van der Waals surface area contributed by atoms with Crippen molar-refractivity contribution in [3.05, 3.63) is 29.3 Å². The van der Waals surface area contributed by atoms with E-state index in [-0.39, 0.29) is 35.8 Å². The molecule has 3 heterocycles. The molecule has 1 aromatic rings. The van der Waals surface area contributed by atoms with Crippen LogP contribution in [-0.2, 0) is 14.3 Å². The molecule has 2 fully saturated rings. The van der Waals surface area contributed by atoms with E-state index < -0.39 is 23.5 Å². The molecule has 3 aliphatic heterocycles. The monoisotopic (exact) mass is 498 g/mol. The van der Waals surface area contributed by atoms with Gasteiger partial charge in [-0.25, -0.2) is 4.79 Å². The Morgan fingerprint density at radius 1 is 1.14 bits per heavy atom. The first-order chi connectivity index (χ1) is 17.0. The van der Waals surface area contributed by atoms with E-state index in [4.69, 9.17) is 4.74 Å². The van der Waals surface area contributed by atoms with E-state index in [1.807, 2.05) is 26.8 Å². The summed E-state index contributed by atoms with van der Waals surface area (Å²) < 4.78 is 5.49. The maximum atomic E-state index is 13.3. The fourth-order valence-corrected chi connectivity index (χ4v) is 5.25. The molecule has 1 unspecified atom stereocenters. The molecule has 4 amide bonds. The number of aldehydes is 1. The number of fused-ring (bicyclic) bond motifs is 1. The van der Waals surface area contributed by atoms with Crippen LogP contribution in [0.25, 0.3) is 0 Å². The van der Waals surface area contributed by atoms with Crippen LogP contribution >= 0.6 is 0 Å². The Kier molecular flexibility index (Phi) is 6.81. The summed E-state index contributed by atoms with van der Waals surface area (Å²) in [5, 5.41) is 2.48. The zero-order valence-corrected chi connectivity index (χ0v) is 21.3. The summed E-state index contributed by atoms with van der Waals surface area (Å²) in [5.41, 5.74) is 0.798. The second-order valence-electron chi connectivity index (χ2n) is 10.9. The number of carbonyl (C=O) groups is 5. The molecule has 1 spiro atoms. The predicted molar refractivity (Wildman–Crippen MR) is 132 cm³/mol. The smallest absolute Gasteiger partial charge is 0.410 e. The van der Waals surface area contributed by atoms with Crippen LogP contribution in [0.5, 0.6) is 0 Å². The Morgan fingerprint density at radius 2 is 1.81 bits per heavy atom. The number of nitrogens with zero attached hydrogens (tertiary/aromatic N) is 3. The number of amides is 4. The van der Waals surface area contributed by atoms with Crippen molar-refractivity contribution in [3.8, 4) is 0 Å². The number of anilines is 1. The third-order valence-corrected chi connectivity index (χ3v) is 7.23. The van der Waals surface area contributed by atoms with Crippen LogP contribution in [0.4, 0.5) is 10.5 Å². The largest absolute Gasteiger partial charge is 0.444 e. The summed E-state index contributed by atoms with van der Waals surface area (Å²) >= 11 is 0. The van der Waals surface area contributed by atoms with Gasteiger partial charge in [0.1, 0.15) is 11.9 Å². The summed E-state index contributed by atoms with van der Waals surface area (Å²) in [6.07, 6.45) is 2.05. The zero-order chi connectivity index (χ0) is 26.3. The highest BCUT2D eigenvalue weighted by molar-refractivity contribution is 6.24. The Bertz CT molecular complexity index is 1080. The lowest BCUT2D eigenvalue weighted by molar-refractivity contribution is -0.121. The average Bonchev–Trinajstić information content (AvgIpc) is 3.07. The second-order valence-corrected chi connectivity index (χ2v) is 10.9. The van der Waals surface area contributed by atoms with Gasteiger partial charge in [0.05, 0.1) is 22.9 Å². The molecule has 0 aliphatic carbocycles. The van der Waals surface area contributed by atoms with Gasteiger partial charge in [-0.15, -0.1) is 0 Å². The van der Waals surface area contributed by atoms with Gasteiger partial charge in [0, 0.05) is 45.1 Å². The van der Waals surface area contributed by atoms with Gasteiger partial charge in [-0.1, -0.05) is 6.07 Å². The van der Waals surface area contributed by atoms with E-state index in [1.54, 1.807) is 17.0 Å². The molecule has 1 N–H and O–H groups in total. The molecule has 4 rings (SSSR count). The number of rotatable bonds is 6. The molecule has 2 saturated heterocycles. The number of hydrogen-bond acceptors (Lipinski definition) is 7. The van der Waals surface area contributed by atoms with Crippen LogP contribution in [-0.4, -0.2) is 84.8 Å². The van der Waals surface area contributed by atoms with Gasteiger partial charge in [-0.3, -0.25) is 19.3 Å². The Labute approximate surface area is 210 Å². The topological polar surface area (TPSA) is 116 Å². The van der Waals surface area contributed by atoms with Crippen molar-refractivity contribution in [2.45, 2.75) is 58.1 Å². The molecule has 3 aliphatic rings. The number of piperidine rings is 1. The van der Waals surface area contributed by atoms with Gasteiger partial charge >= 0.3 is 6.09 Å². The van der Waals surface area contributed by atoms with Gasteiger partial charge in [0.25, 0.3) is 11.8 Å². The lowest BCUT2D eigenvalue weighted by Crippen LogP contribution is -2.61. The van der Waals surface area contributed by atoms with E-state index in [9.17, 15) is 24.0 Å². The maximum Gasteiger partial charge on any atom is 0.410 e. The lowest BCUT2D eigenvalue weighted by atomic mass is 9.71. The third kappa shape index (κ3) is 4.81. The number of benzene rings is 1. The van der Waals surface area contributed by atoms with Crippen LogP contribution < -0.4 is 10.2 Å². The SMILES string of the molecule is CNC(=O)CCC(C=O)N1C(=O)c2cccc(N3CC4(CCN(C(=O)OC(C)(C)C)CC4)C3)c2C1=O. The molecule has 1 aromatic carbocycles. The van der Waals surface area contributed by atoms with E-state index in [0.717, 1.165) is 30.8 Å². The van der Waals surface area contributed by atoms with Gasteiger partial charge in [-0.05, 0) is 52.2 Å². The first-order valence-electron chi connectivity index (χ1n) is 12.4. The molecule has 1 atom stereocenters. The zero-order valence-electron chi connectivity index (χ0n) is 21.3. The Hall–Kier alpha value is -3.43. The van der Waals surface area contributed by atoms with Crippen molar-refractivity contribution in [2.24, 2.45) is 5.41 Å². The van der Waals surface area contributed by atoms with Crippen LogP contribution in [0.15, 0.2) is 18.2 Å². The minimum atomic E-state index is -0.998.